The molecule has 1 aromatic rings. The summed E-state index contributed by atoms with van der Waals surface area (Å²) in [5.41, 5.74) is -1.15. The second kappa shape index (κ2) is 9.08. The third-order valence-corrected chi connectivity index (χ3v) is 4.89. The number of carbonyl (C=O) groups excluding carboxylic acids is 1. The molecule has 1 aliphatic rings. The van der Waals surface area contributed by atoms with Crippen molar-refractivity contribution in [3.8, 4) is 5.88 Å². The maximum atomic E-state index is 12.2. The van der Waals surface area contributed by atoms with Crippen LogP contribution in [0.4, 0.5) is 0 Å². The first-order chi connectivity index (χ1) is 12.0. The molecule has 1 aromatic heterocycles. The van der Waals surface area contributed by atoms with Crippen molar-refractivity contribution in [3.05, 3.63) is 16.2 Å². The molecule has 0 radical (unpaired) electrons. The number of unbranched alkanes of at least 4 members (excludes halogenated alkanes) is 3. The SMILES string of the molecule is CCOC(=O)CCCCCCc1c(O)[nH]c(=O)n1C1(O)CCCCC1. The fraction of sp³-hybridized carbons (Fsp3) is 0.778. The molecule has 0 atom stereocenters. The molecule has 1 aliphatic carbocycles. The average molecular weight is 354 g/mol. The van der Waals surface area contributed by atoms with E-state index in [0.29, 0.717) is 38.0 Å². The number of imidazole rings is 1. The van der Waals surface area contributed by atoms with E-state index in [2.05, 4.69) is 4.98 Å². The smallest absolute Gasteiger partial charge is 0.330 e. The first-order valence-electron chi connectivity index (χ1n) is 9.39. The maximum Gasteiger partial charge on any atom is 0.330 e. The molecule has 0 spiro atoms. The number of carbonyl (C=O) groups is 1. The lowest BCUT2D eigenvalue weighted by Gasteiger charge is -2.33. The summed E-state index contributed by atoms with van der Waals surface area (Å²) >= 11 is 0. The molecule has 3 N–H and O–H groups in total. The molecule has 2 rings (SSSR count). The summed E-state index contributed by atoms with van der Waals surface area (Å²) in [5.74, 6) is -0.310. The summed E-state index contributed by atoms with van der Waals surface area (Å²) in [6.07, 6.45) is 8.16. The zero-order chi connectivity index (χ0) is 18.3. The number of nitrogens with one attached hydrogen (secondary N) is 1. The Morgan fingerprint density at radius 1 is 1.20 bits per heavy atom. The second-order valence-electron chi connectivity index (χ2n) is 6.82. The van der Waals surface area contributed by atoms with Gasteiger partial charge >= 0.3 is 11.7 Å². The number of rotatable bonds is 9. The summed E-state index contributed by atoms with van der Waals surface area (Å²) < 4.78 is 6.25. The van der Waals surface area contributed by atoms with Gasteiger partial charge in [0.05, 0.1) is 12.3 Å². The van der Waals surface area contributed by atoms with E-state index in [0.717, 1.165) is 44.9 Å². The van der Waals surface area contributed by atoms with Crippen LogP contribution in [0.3, 0.4) is 0 Å². The van der Waals surface area contributed by atoms with Crippen LogP contribution in [0.5, 0.6) is 5.88 Å². The van der Waals surface area contributed by atoms with Gasteiger partial charge in [0.15, 0.2) is 0 Å². The standard InChI is InChI=1S/C18H30N2O5/c1-2-25-15(21)11-7-4-3-6-10-14-16(22)19-17(23)20(14)18(24)12-8-5-9-13-18/h22,24H,2-13H2,1H3,(H,19,23). The number of aromatic amines is 1. The van der Waals surface area contributed by atoms with Gasteiger partial charge in [0, 0.05) is 6.42 Å². The van der Waals surface area contributed by atoms with Gasteiger partial charge in [-0.05, 0) is 51.9 Å². The maximum absolute atomic E-state index is 12.2. The van der Waals surface area contributed by atoms with Crippen molar-refractivity contribution >= 4 is 5.97 Å². The van der Waals surface area contributed by atoms with Gasteiger partial charge in [-0.25, -0.2) is 4.79 Å². The van der Waals surface area contributed by atoms with E-state index in [1.165, 1.54) is 4.57 Å². The Labute approximate surface area is 148 Å². The number of aliphatic hydroxyl groups is 1. The van der Waals surface area contributed by atoms with E-state index in [9.17, 15) is 19.8 Å². The lowest BCUT2D eigenvalue weighted by molar-refractivity contribution is -0.143. The van der Waals surface area contributed by atoms with Crippen LogP contribution in [0.25, 0.3) is 0 Å². The Morgan fingerprint density at radius 2 is 1.88 bits per heavy atom. The molecule has 0 aromatic carbocycles. The highest BCUT2D eigenvalue weighted by atomic mass is 16.5. The van der Waals surface area contributed by atoms with Gasteiger partial charge in [0.2, 0.25) is 5.88 Å². The van der Waals surface area contributed by atoms with Crippen molar-refractivity contribution in [1.82, 2.24) is 9.55 Å². The minimum Gasteiger partial charge on any atom is -0.493 e. The van der Waals surface area contributed by atoms with Crippen molar-refractivity contribution < 1.29 is 19.7 Å². The molecular weight excluding hydrogens is 324 g/mol. The van der Waals surface area contributed by atoms with E-state index >= 15 is 0 Å². The first-order valence-corrected chi connectivity index (χ1v) is 9.39. The minimum absolute atomic E-state index is 0.143. The molecule has 1 fully saturated rings. The van der Waals surface area contributed by atoms with Crippen molar-refractivity contribution in [2.24, 2.45) is 0 Å². The number of H-pyrrole nitrogens is 1. The monoisotopic (exact) mass is 354 g/mol. The summed E-state index contributed by atoms with van der Waals surface area (Å²) in [5, 5.41) is 20.9. The summed E-state index contributed by atoms with van der Waals surface area (Å²) in [7, 11) is 0. The van der Waals surface area contributed by atoms with Gasteiger partial charge in [0.25, 0.3) is 0 Å². The van der Waals surface area contributed by atoms with Crippen LogP contribution in [-0.2, 0) is 21.7 Å². The second-order valence-corrected chi connectivity index (χ2v) is 6.82. The van der Waals surface area contributed by atoms with Gasteiger partial charge in [-0.1, -0.05) is 19.3 Å². The van der Waals surface area contributed by atoms with Crippen LogP contribution in [0.15, 0.2) is 4.79 Å². The van der Waals surface area contributed by atoms with Crippen LogP contribution in [0, 0.1) is 0 Å². The van der Waals surface area contributed by atoms with Crippen molar-refractivity contribution in [2.75, 3.05) is 6.61 Å². The van der Waals surface area contributed by atoms with Crippen LogP contribution in [-0.4, -0.2) is 32.3 Å². The first kappa shape index (κ1) is 19.6. The number of hydrogen-bond acceptors (Lipinski definition) is 5. The Morgan fingerprint density at radius 3 is 2.56 bits per heavy atom. The number of nitrogens with zero attached hydrogens (tertiary/aromatic N) is 1. The molecule has 142 valence electrons. The van der Waals surface area contributed by atoms with E-state index < -0.39 is 11.4 Å². The molecule has 0 saturated heterocycles. The summed E-state index contributed by atoms with van der Waals surface area (Å²) in [6, 6.07) is 0. The molecule has 7 heteroatoms. The minimum atomic E-state index is -1.19. The quantitative estimate of drug-likeness (QED) is 0.467. The molecule has 7 nitrogen and oxygen atoms in total. The molecule has 25 heavy (non-hydrogen) atoms. The number of esters is 1. The Balaban J connectivity index is 1.88. The lowest BCUT2D eigenvalue weighted by atomic mass is 9.91. The van der Waals surface area contributed by atoms with Crippen molar-refractivity contribution in [1.29, 1.82) is 0 Å². The van der Waals surface area contributed by atoms with Gasteiger partial charge in [0.1, 0.15) is 5.72 Å². The fourth-order valence-corrected chi connectivity index (χ4v) is 3.62. The Kier molecular flexibility index (Phi) is 7.11. The van der Waals surface area contributed by atoms with Crippen molar-refractivity contribution in [3.63, 3.8) is 0 Å². The molecular formula is C18H30N2O5. The van der Waals surface area contributed by atoms with Gasteiger partial charge in [-0.3, -0.25) is 14.3 Å². The molecule has 0 unspecified atom stereocenters. The third kappa shape index (κ3) is 5.11. The number of ether oxygens (including phenoxy) is 1. The number of aromatic hydroxyl groups is 1. The third-order valence-electron chi connectivity index (χ3n) is 4.89. The van der Waals surface area contributed by atoms with Gasteiger partial charge in [-0.2, -0.15) is 0 Å². The van der Waals surface area contributed by atoms with Crippen LogP contribution in [0.2, 0.25) is 0 Å². The normalized spacial score (nSPS) is 16.7. The van der Waals surface area contributed by atoms with E-state index in [1.54, 1.807) is 6.92 Å². The predicted octanol–water partition coefficient (Wildman–Crippen LogP) is 2.55. The predicted molar refractivity (Wildman–Crippen MR) is 93.4 cm³/mol. The molecule has 0 bridgehead atoms. The topological polar surface area (TPSA) is 105 Å². The highest BCUT2D eigenvalue weighted by molar-refractivity contribution is 5.69. The zero-order valence-electron chi connectivity index (χ0n) is 15.1. The van der Waals surface area contributed by atoms with Crippen LogP contribution in [0.1, 0.15) is 76.8 Å². The highest BCUT2D eigenvalue weighted by Gasteiger charge is 2.35. The van der Waals surface area contributed by atoms with E-state index in [4.69, 9.17) is 4.74 Å². The molecule has 1 heterocycles. The molecule has 1 saturated carbocycles. The Bertz CT molecular complexity index is 613. The number of aromatic nitrogens is 2. The molecule has 0 amide bonds. The van der Waals surface area contributed by atoms with Crippen molar-refractivity contribution in [2.45, 2.75) is 83.3 Å². The summed E-state index contributed by atoms with van der Waals surface area (Å²) in [4.78, 5) is 25.9. The highest BCUT2D eigenvalue weighted by Crippen LogP contribution is 2.34. The number of hydrogen-bond donors (Lipinski definition) is 3. The largest absolute Gasteiger partial charge is 0.493 e. The Hall–Kier alpha value is -1.76. The van der Waals surface area contributed by atoms with E-state index in [1.807, 2.05) is 0 Å². The van der Waals surface area contributed by atoms with Gasteiger partial charge in [-0.15, -0.1) is 0 Å². The van der Waals surface area contributed by atoms with Gasteiger partial charge < -0.3 is 14.9 Å². The fourth-order valence-electron chi connectivity index (χ4n) is 3.62. The average Bonchev–Trinajstić information content (AvgIpc) is 2.86. The van der Waals surface area contributed by atoms with Crippen LogP contribution >= 0.6 is 0 Å². The van der Waals surface area contributed by atoms with E-state index in [-0.39, 0.29) is 11.8 Å². The lowest BCUT2D eigenvalue weighted by Crippen LogP contribution is -2.42. The van der Waals surface area contributed by atoms with Crippen LogP contribution < -0.4 is 5.69 Å². The summed E-state index contributed by atoms with van der Waals surface area (Å²) in [6.45, 7) is 2.20. The molecule has 0 aliphatic heterocycles. The zero-order valence-corrected chi connectivity index (χ0v) is 15.1.